The van der Waals surface area contributed by atoms with Crippen molar-refractivity contribution in [1.29, 1.82) is 0 Å². The number of amides is 1. The summed E-state index contributed by atoms with van der Waals surface area (Å²) in [6, 6.07) is 3.89. The van der Waals surface area contributed by atoms with E-state index in [0.717, 1.165) is 12.0 Å². The molecule has 3 nitrogen and oxygen atoms in total. The maximum Gasteiger partial charge on any atom is 0.241 e. The average Bonchev–Trinajstić information content (AvgIpc) is 2.88. The van der Waals surface area contributed by atoms with Crippen LogP contribution in [0.2, 0.25) is 10.0 Å². The van der Waals surface area contributed by atoms with E-state index in [0.29, 0.717) is 27.7 Å². The van der Waals surface area contributed by atoms with Crippen LogP contribution in [-0.4, -0.2) is 18.0 Å². The summed E-state index contributed by atoms with van der Waals surface area (Å²) in [5.41, 5.74) is 1.50. The van der Waals surface area contributed by atoms with Crippen LogP contribution >= 0.6 is 23.2 Å². The van der Waals surface area contributed by atoms with Crippen LogP contribution < -0.4 is 10.6 Å². The first-order valence-electron chi connectivity index (χ1n) is 7.57. The van der Waals surface area contributed by atoms with Crippen LogP contribution in [0.5, 0.6) is 0 Å². The van der Waals surface area contributed by atoms with E-state index < -0.39 is 0 Å². The molecule has 2 aliphatic rings. The van der Waals surface area contributed by atoms with Crippen molar-refractivity contribution in [3.8, 4) is 0 Å². The molecule has 21 heavy (non-hydrogen) atoms. The second kappa shape index (κ2) is 6.15. The van der Waals surface area contributed by atoms with Crippen molar-refractivity contribution >= 4 is 34.8 Å². The summed E-state index contributed by atoms with van der Waals surface area (Å²) < 4.78 is 0. The average molecular weight is 327 g/mol. The maximum absolute atomic E-state index is 12.4. The predicted molar refractivity (Wildman–Crippen MR) is 87.1 cm³/mol. The SMILES string of the molecule is Cc1cc(Cl)c(NC(=O)C2CC3CCCCC3N2)cc1Cl. The number of halogens is 2. The lowest BCUT2D eigenvalue weighted by molar-refractivity contribution is -0.117. The van der Waals surface area contributed by atoms with Crippen molar-refractivity contribution < 1.29 is 4.79 Å². The molecule has 2 N–H and O–H groups in total. The molecule has 3 atom stereocenters. The Balaban J connectivity index is 1.68. The summed E-state index contributed by atoms with van der Waals surface area (Å²) in [6.07, 6.45) is 5.90. The van der Waals surface area contributed by atoms with Crippen LogP contribution in [0.15, 0.2) is 12.1 Å². The Bertz CT molecular complexity index is 547. The van der Waals surface area contributed by atoms with Gasteiger partial charge in [0.05, 0.1) is 16.8 Å². The molecule has 114 valence electrons. The van der Waals surface area contributed by atoms with Crippen molar-refractivity contribution in [2.75, 3.05) is 5.32 Å². The first-order chi connectivity index (χ1) is 10.0. The molecule has 0 bridgehead atoms. The van der Waals surface area contributed by atoms with Gasteiger partial charge in [-0.1, -0.05) is 36.0 Å². The number of nitrogens with one attached hydrogen (secondary N) is 2. The molecule has 0 aromatic heterocycles. The Morgan fingerprint density at radius 2 is 2.00 bits per heavy atom. The van der Waals surface area contributed by atoms with Crippen LogP contribution in [0.25, 0.3) is 0 Å². The number of benzene rings is 1. The minimum Gasteiger partial charge on any atom is -0.323 e. The highest BCUT2D eigenvalue weighted by Crippen LogP contribution is 2.34. The zero-order valence-corrected chi connectivity index (χ0v) is 13.6. The van der Waals surface area contributed by atoms with Gasteiger partial charge < -0.3 is 10.6 Å². The number of aryl methyl sites for hydroxylation is 1. The fraction of sp³-hybridized carbons (Fsp3) is 0.562. The van der Waals surface area contributed by atoms with Gasteiger partial charge in [-0.25, -0.2) is 0 Å². The van der Waals surface area contributed by atoms with E-state index in [2.05, 4.69) is 10.6 Å². The smallest absolute Gasteiger partial charge is 0.241 e. The van der Waals surface area contributed by atoms with Gasteiger partial charge in [0.15, 0.2) is 0 Å². The molecule has 1 saturated heterocycles. The largest absolute Gasteiger partial charge is 0.323 e. The summed E-state index contributed by atoms with van der Waals surface area (Å²) in [5.74, 6) is 0.637. The second-order valence-corrected chi connectivity index (χ2v) is 6.99. The highest BCUT2D eigenvalue weighted by molar-refractivity contribution is 6.36. The molecule has 1 aromatic carbocycles. The molecule has 2 fully saturated rings. The fourth-order valence-corrected chi connectivity index (χ4v) is 3.91. The molecule has 1 aliphatic heterocycles. The second-order valence-electron chi connectivity index (χ2n) is 6.18. The van der Waals surface area contributed by atoms with Gasteiger partial charge in [-0.15, -0.1) is 0 Å². The van der Waals surface area contributed by atoms with E-state index >= 15 is 0 Å². The molecular formula is C16H20Cl2N2O. The highest BCUT2D eigenvalue weighted by atomic mass is 35.5. The Morgan fingerprint density at radius 3 is 2.76 bits per heavy atom. The quantitative estimate of drug-likeness (QED) is 0.856. The molecule has 0 spiro atoms. The summed E-state index contributed by atoms with van der Waals surface area (Å²) in [5, 5.41) is 7.52. The molecule has 1 aliphatic carbocycles. The molecule has 1 heterocycles. The minimum atomic E-state index is -0.116. The van der Waals surface area contributed by atoms with E-state index in [1.807, 2.05) is 6.92 Å². The van der Waals surface area contributed by atoms with Gasteiger partial charge >= 0.3 is 0 Å². The van der Waals surface area contributed by atoms with E-state index in [1.165, 1.54) is 25.7 Å². The molecular weight excluding hydrogens is 307 g/mol. The van der Waals surface area contributed by atoms with Gasteiger partial charge in [-0.3, -0.25) is 4.79 Å². The number of carbonyl (C=O) groups excluding carboxylic acids is 1. The number of carbonyl (C=O) groups is 1. The van der Waals surface area contributed by atoms with Gasteiger partial charge in [0.25, 0.3) is 0 Å². The maximum atomic E-state index is 12.4. The molecule has 0 radical (unpaired) electrons. The van der Waals surface area contributed by atoms with E-state index in [1.54, 1.807) is 12.1 Å². The van der Waals surface area contributed by atoms with E-state index in [-0.39, 0.29) is 11.9 Å². The molecule has 3 rings (SSSR count). The van der Waals surface area contributed by atoms with Crippen molar-refractivity contribution in [2.24, 2.45) is 5.92 Å². The third kappa shape index (κ3) is 3.20. The number of hydrogen-bond acceptors (Lipinski definition) is 2. The number of fused-ring (bicyclic) bond motifs is 1. The molecule has 5 heteroatoms. The van der Waals surface area contributed by atoms with Gasteiger partial charge in [-0.05, 0) is 49.8 Å². The Labute approximate surface area is 135 Å². The topological polar surface area (TPSA) is 41.1 Å². The normalized spacial score (nSPS) is 28.2. The van der Waals surface area contributed by atoms with E-state index in [4.69, 9.17) is 23.2 Å². The van der Waals surface area contributed by atoms with Gasteiger partial charge in [0.2, 0.25) is 5.91 Å². The van der Waals surface area contributed by atoms with Crippen molar-refractivity contribution in [1.82, 2.24) is 5.32 Å². The van der Waals surface area contributed by atoms with Crippen molar-refractivity contribution in [3.63, 3.8) is 0 Å². The van der Waals surface area contributed by atoms with Gasteiger partial charge in [0.1, 0.15) is 0 Å². The lowest BCUT2D eigenvalue weighted by atomic mass is 9.85. The molecule has 3 unspecified atom stereocenters. The minimum absolute atomic E-state index is 0.00813. The van der Waals surface area contributed by atoms with E-state index in [9.17, 15) is 4.79 Å². The van der Waals surface area contributed by atoms with Crippen LogP contribution in [0.1, 0.15) is 37.7 Å². The Hall–Kier alpha value is -0.770. The van der Waals surface area contributed by atoms with Gasteiger partial charge in [-0.2, -0.15) is 0 Å². The lowest BCUT2D eigenvalue weighted by Gasteiger charge is -2.24. The van der Waals surface area contributed by atoms with Crippen molar-refractivity contribution in [2.45, 2.75) is 51.1 Å². The standard InChI is InChI=1S/C16H20Cl2N2O/c1-9-6-12(18)14(8-11(9)17)20-16(21)15-7-10-4-2-3-5-13(10)19-15/h6,8,10,13,15,19H,2-5,7H2,1H3,(H,20,21). The summed E-state index contributed by atoms with van der Waals surface area (Å²) >= 11 is 12.3. The van der Waals surface area contributed by atoms with Crippen LogP contribution in [0.4, 0.5) is 5.69 Å². The van der Waals surface area contributed by atoms with Crippen LogP contribution in [-0.2, 0) is 4.79 Å². The first-order valence-corrected chi connectivity index (χ1v) is 8.33. The third-order valence-electron chi connectivity index (χ3n) is 4.69. The highest BCUT2D eigenvalue weighted by Gasteiger charge is 2.38. The zero-order chi connectivity index (χ0) is 15.0. The molecule has 1 amide bonds. The van der Waals surface area contributed by atoms with Crippen LogP contribution in [0.3, 0.4) is 0 Å². The number of hydrogen-bond donors (Lipinski definition) is 2. The summed E-state index contributed by atoms with van der Waals surface area (Å²) in [7, 11) is 0. The number of rotatable bonds is 2. The Morgan fingerprint density at radius 1 is 1.24 bits per heavy atom. The monoisotopic (exact) mass is 326 g/mol. The Kier molecular flexibility index (Phi) is 4.43. The lowest BCUT2D eigenvalue weighted by Crippen LogP contribution is -2.39. The first kappa shape index (κ1) is 15.1. The summed E-state index contributed by atoms with van der Waals surface area (Å²) in [6.45, 7) is 1.89. The summed E-state index contributed by atoms with van der Waals surface area (Å²) in [4.78, 5) is 12.4. The molecule has 1 saturated carbocycles. The van der Waals surface area contributed by atoms with Crippen molar-refractivity contribution in [3.05, 3.63) is 27.7 Å². The third-order valence-corrected chi connectivity index (χ3v) is 5.41. The fourth-order valence-electron chi connectivity index (χ4n) is 3.48. The molecule has 1 aromatic rings. The van der Waals surface area contributed by atoms with Gasteiger partial charge in [0, 0.05) is 11.1 Å². The predicted octanol–water partition coefficient (Wildman–Crippen LogP) is 4.16. The van der Waals surface area contributed by atoms with Crippen LogP contribution in [0, 0.1) is 12.8 Å². The zero-order valence-electron chi connectivity index (χ0n) is 12.1. The number of anilines is 1.